The molecule has 1 amide bonds. The summed E-state index contributed by atoms with van der Waals surface area (Å²) in [4.78, 5) is 11.0. The third-order valence-electron chi connectivity index (χ3n) is 3.22. The molecule has 2 aromatic rings. The van der Waals surface area contributed by atoms with Crippen LogP contribution in [0.3, 0.4) is 0 Å². The van der Waals surface area contributed by atoms with Crippen LogP contribution >= 0.6 is 27.5 Å². The maximum absolute atomic E-state index is 11.0. The molecule has 0 saturated heterocycles. The summed E-state index contributed by atoms with van der Waals surface area (Å²) < 4.78 is 16.7. The molecule has 1 N–H and O–H groups in total. The first-order valence-corrected chi connectivity index (χ1v) is 8.91. The molecule has 0 unspecified atom stereocenters. The van der Waals surface area contributed by atoms with Crippen molar-refractivity contribution >= 4 is 39.8 Å². The maximum Gasteiger partial charge on any atom is 0.427 e. The molecule has 0 radical (unpaired) electrons. The molecule has 0 aliphatic rings. The second-order valence-electron chi connectivity index (χ2n) is 5.00. The highest BCUT2D eigenvalue weighted by Crippen LogP contribution is 2.37. The Morgan fingerprint density at radius 3 is 2.77 bits per heavy atom. The molecule has 0 fully saturated rings. The Labute approximate surface area is 165 Å². The SMILES string of the molecule is CCOc1cc(/C=N\NC(=O)OC)cc(Br)c1OCc1ccccc1Cl. The molecule has 2 rings (SSSR count). The highest BCUT2D eigenvalue weighted by molar-refractivity contribution is 9.10. The lowest BCUT2D eigenvalue weighted by Gasteiger charge is -2.15. The first kappa shape index (κ1) is 20.1. The zero-order valence-electron chi connectivity index (χ0n) is 14.3. The highest BCUT2D eigenvalue weighted by atomic mass is 79.9. The molecule has 26 heavy (non-hydrogen) atoms. The van der Waals surface area contributed by atoms with Crippen LogP contribution in [-0.4, -0.2) is 26.0 Å². The number of amides is 1. The van der Waals surface area contributed by atoms with Gasteiger partial charge in [0.1, 0.15) is 6.61 Å². The fourth-order valence-corrected chi connectivity index (χ4v) is 2.80. The second kappa shape index (κ2) is 10.0. The van der Waals surface area contributed by atoms with E-state index < -0.39 is 6.09 Å². The number of nitrogens with zero attached hydrogens (tertiary/aromatic N) is 1. The van der Waals surface area contributed by atoms with Crippen LogP contribution in [0.1, 0.15) is 18.1 Å². The Kier molecular flexibility index (Phi) is 7.74. The molecule has 0 aliphatic carbocycles. The van der Waals surface area contributed by atoms with Gasteiger partial charge >= 0.3 is 6.09 Å². The molecule has 0 spiro atoms. The van der Waals surface area contributed by atoms with Gasteiger partial charge in [-0.15, -0.1) is 0 Å². The molecule has 0 bridgehead atoms. The van der Waals surface area contributed by atoms with Gasteiger partial charge in [0, 0.05) is 10.6 Å². The van der Waals surface area contributed by atoms with E-state index in [2.05, 4.69) is 31.2 Å². The minimum absolute atomic E-state index is 0.301. The third kappa shape index (κ3) is 5.64. The van der Waals surface area contributed by atoms with Gasteiger partial charge < -0.3 is 14.2 Å². The van der Waals surface area contributed by atoms with Crippen LogP contribution in [0, 0.1) is 0 Å². The van der Waals surface area contributed by atoms with Crippen LogP contribution in [0.2, 0.25) is 5.02 Å². The van der Waals surface area contributed by atoms with Gasteiger partial charge in [0.15, 0.2) is 11.5 Å². The lowest BCUT2D eigenvalue weighted by atomic mass is 10.2. The van der Waals surface area contributed by atoms with E-state index in [-0.39, 0.29) is 0 Å². The normalized spacial score (nSPS) is 10.6. The van der Waals surface area contributed by atoms with Crippen LogP contribution in [0.15, 0.2) is 46.0 Å². The Bertz CT molecular complexity index is 799. The summed E-state index contributed by atoms with van der Waals surface area (Å²) in [5.41, 5.74) is 3.81. The molecule has 138 valence electrons. The second-order valence-corrected chi connectivity index (χ2v) is 6.27. The monoisotopic (exact) mass is 440 g/mol. The highest BCUT2D eigenvalue weighted by Gasteiger charge is 2.13. The van der Waals surface area contributed by atoms with E-state index in [9.17, 15) is 4.79 Å². The first-order chi connectivity index (χ1) is 12.5. The summed E-state index contributed by atoms with van der Waals surface area (Å²) in [5, 5.41) is 4.44. The Hall–Kier alpha value is -2.25. The number of benzene rings is 2. The van der Waals surface area contributed by atoms with Crippen LogP contribution < -0.4 is 14.9 Å². The topological polar surface area (TPSA) is 69.2 Å². The number of nitrogens with one attached hydrogen (secondary N) is 1. The van der Waals surface area contributed by atoms with E-state index in [1.165, 1.54) is 13.3 Å². The molecule has 0 heterocycles. The van der Waals surface area contributed by atoms with E-state index in [0.29, 0.717) is 39.8 Å². The number of hydrogen-bond donors (Lipinski definition) is 1. The third-order valence-corrected chi connectivity index (χ3v) is 4.17. The van der Waals surface area contributed by atoms with Gasteiger partial charge in [-0.05, 0) is 46.6 Å². The van der Waals surface area contributed by atoms with Crippen molar-refractivity contribution in [3.05, 3.63) is 57.0 Å². The number of ether oxygens (including phenoxy) is 3. The molecule has 6 nitrogen and oxygen atoms in total. The Morgan fingerprint density at radius 2 is 2.08 bits per heavy atom. The molecule has 0 saturated carbocycles. The largest absolute Gasteiger partial charge is 0.490 e. The van der Waals surface area contributed by atoms with Crippen molar-refractivity contribution in [2.24, 2.45) is 5.10 Å². The first-order valence-electron chi connectivity index (χ1n) is 7.74. The van der Waals surface area contributed by atoms with E-state index in [0.717, 1.165) is 5.56 Å². The van der Waals surface area contributed by atoms with Gasteiger partial charge in [-0.3, -0.25) is 0 Å². The van der Waals surface area contributed by atoms with Crippen molar-refractivity contribution < 1.29 is 19.0 Å². The smallest absolute Gasteiger partial charge is 0.427 e. The number of methoxy groups -OCH3 is 1. The average Bonchev–Trinajstić information content (AvgIpc) is 2.62. The van der Waals surface area contributed by atoms with Gasteiger partial charge in [-0.1, -0.05) is 29.8 Å². The van der Waals surface area contributed by atoms with E-state index >= 15 is 0 Å². The predicted octanol–water partition coefficient (Wildman–Crippen LogP) is 4.77. The lowest BCUT2D eigenvalue weighted by molar-refractivity contribution is 0.171. The molecule has 8 heteroatoms. The summed E-state index contributed by atoms with van der Waals surface area (Å²) in [6.45, 7) is 2.65. The molecule has 0 aliphatic heterocycles. The molecular formula is C18H18BrClN2O4. The van der Waals surface area contributed by atoms with Gasteiger partial charge in [-0.2, -0.15) is 5.10 Å². The zero-order valence-corrected chi connectivity index (χ0v) is 16.6. The summed E-state index contributed by atoms with van der Waals surface area (Å²) in [5.74, 6) is 1.11. The lowest BCUT2D eigenvalue weighted by Crippen LogP contribution is -2.16. The van der Waals surface area contributed by atoms with Crippen molar-refractivity contribution in [2.75, 3.05) is 13.7 Å². The molecule has 0 atom stereocenters. The fraction of sp³-hybridized carbons (Fsp3) is 0.222. The van der Waals surface area contributed by atoms with E-state index in [1.54, 1.807) is 12.1 Å². The fourth-order valence-electron chi connectivity index (χ4n) is 2.04. The number of hydrogen-bond acceptors (Lipinski definition) is 5. The van der Waals surface area contributed by atoms with Crippen molar-refractivity contribution in [1.82, 2.24) is 5.43 Å². The van der Waals surface area contributed by atoms with E-state index in [1.807, 2.05) is 31.2 Å². The Balaban J connectivity index is 2.20. The maximum atomic E-state index is 11.0. The van der Waals surface area contributed by atoms with Crippen molar-refractivity contribution in [1.29, 1.82) is 0 Å². The quantitative estimate of drug-likeness (QED) is 0.496. The van der Waals surface area contributed by atoms with Crippen LogP contribution in [0.4, 0.5) is 4.79 Å². The van der Waals surface area contributed by atoms with Crippen LogP contribution in [0.5, 0.6) is 11.5 Å². The summed E-state index contributed by atoms with van der Waals surface area (Å²) >= 11 is 9.65. The van der Waals surface area contributed by atoms with E-state index in [4.69, 9.17) is 21.1 Å². The summed E-state index contributed by atoms with van der Waals surface area (Å²) in [6.07, 6.45) is 0.826. The van der Waals surface area contributed by atoms with Gasteiger partial charge in [0.25, 0.3) is 0 Å². The van der Waals surface area contributed by atoms with Gasteiger partial charge in [-0.25, -0.2) is 10.2 Å². The summed E-state index contributed by atoms with van der Waals surface area (Å²) in [7, 11) is 1.26. The van der Waals surface area contributed by atoms with Crippen LogP contribution in [-0.2, 0) is 11.3 Å². The Morgan fingerprint density at radius 1 is 1.31 bits per heavy atom. The minimum Gasteiger partial charge on any atom is -0.490 e. The molecular weight excluding hydrogens is 424 g/mol. The van der Waals surface area contributed by atoms with Crippen LogP contribution in [0.25, 0.3) is 0 Å². The molecule has 0 aromatic heterocycles. The number of carbonyl (C=O) groups excluding carboxylic acids is 1. The number of hydrazone groups is 1. The number of halogens is 2. The van der Waals surface area contributed by atoms with Crippen molar-refractivity contribution in [3.8, 4) is 11.5 Å². The van der Waals surface area contributed by atoms with Gasteiger partial charge in [0.2, 0.25) is 0 Å². The van der Waals surface area contributed by atoms with Crippen molar-refractivity contribution in [3.63, 3.8) is 0 Å². The van der Waals surface area contributed by atoms with Gasteiger partial charge in [0.05, 0.1) is 24.4 Å². The predicted molar refractivity (Wildman–Crippen MR) is 104 cm³/mol. The number of rotatable bonds is 7. The number of carbonyl (C=O) groups is 1. The molecule has 2 aromatic carbocycles. The average molecular weight is 442 g/mol. The van der Waals surface area contributed by atoms with Crippen molar-refractivity contribution in [2.45, 2.75) is 13.5 Å². The zero-order chi connectivity index (χ0) is 18.9. The summed E-state index contributed by atoms with van der Waals surface area (Å²) in [6, 6.07) is 11.0. The minimum atomic E-state index is -0.648. The standard InChI is InChI=1S/C18H18BrClN2O4/c1-3-25-16-9-12(10-21-22-18(23)24-2)8-14(19)17(16)26-11-13-6-4-5-7-15(13)20/h4-10H,3,11H2,1-2H3,(H,22,23)/b21-10-.